The van der Waals surface area contributed by atoms with Crippen molar-refractivity contribution in [2.45, 2.75) is 26.8 Å². The zero-order chi connectivity index (χ0) is 17.8. The zero-order valence-electron chi connectivity index (χ0n) is 14.5. The Morgan fingerprint density at radius 1 is 1.28 bits per heavy atom. The lowest BCUT2D eigenvalue weighted by molar-refractivity contribution is -0.117. The van der Waals surface area contributed by atoms with E-state index in [1.807, 2.05) is 19.1 Å². The van der Waals surface area contributed by atoms with E-state index >= 15 is 0 Å². The molecule has 3 rings (SSSR count). The number of carbonyl (C=O) groups is 2. The maximum absolute atomic E-state index is 12.3. The van der Waals surface area contributed by atoms with Gasteiger partial charge in [-0.05, 0) is 43.0 Å². The van der Waals surface area contributed by atoms with Crippen LogP contribution in [0.4, 0.5) is 5.00 Å². The molecule has 1 amide bonds. The Kier molecular flexibility index (Phi) is 5.50. The number of ether oxygens (including phenoxy) is 1. The van der Waals surface area contributed by atoms with E-state index in [-0.39, 0.29) is 11.9 Å². The van der Waals surface area contributed by atoms with E-state index < -0.39 is 0 Å². The van der Waals surface area contributed by atoms with Crippen LogP contribution < -0.4 is 5.32 Å². The number of esters is 1. The molecule has 1 aliphatic heterocycles. The van der Waals surface area contributed by atoms with Crippen LogP contribution in [-0.2, 0) is 22.5 Å². The summed E-state index contributed by atoms with van der Waals surface area (Å²) < 4.78 is 5.03. The molecular formula is C19H22N2O3S. The van der Waals surface area contributed by atoms with Gasteiger partial charge in [-0.3, -0.25) is 9.69 Å². The summed E-state index contributed by atoms with van der Waals surface area (Å²) in [6, 6.07) is 10.2. The highest BCUT2D eigenvalue weighted by Crippen LogP contribution is 2.27. The van der Waals surface area contributed by atoms with Gasteiger partial charge in [0.25, 0.3) is 0 Å². The summed E-state index contributed by atoms with van der Waals surface area (Å²) in [5.74, 6) is -0.394. The van der Waals surface area contributed by atoms with Crippen LogP contribution in [-0.4, -0.2) is 36.5 Å². The normalized spacial score (nSPS) is 14.0. The van der Waals surface area contributed by atoms with Crippen molar-refractivity contribution in [3.8, 4) is 0 Å². The molecule has 25 heavy (non-hydrogen) atoms. The van der Waals surface area contributed by atoms with Crippen LogP contribution in [0.25, 0.3) is 0 Å². The van der Waals surface area contributed by atoms with E-state index in [4.69, 9.17) is 4.74 Å². The first kappa shape index (κ1) is 17.6. The predicted molar refractivity (Wildman–Crippen MR) is 99.1 cm³/mol. The number of aryl methyl sites for hydroxylation is 1. The Labute approximate surface area is 151 Å². The SMILES string of the molecule is CCOC(=O)c1sc(NC(=O)CN2CCc3ccccc3C2)cc1C. The first-order valence-corrected chi connectivity index (χ1v) is 9.25. The first-order chi connectivity index (χ1) is 12.1. The number of hydrogen-bond donors (Lipinski definition) is 1. The summed E-state index contributed by atoms with van der Waals surface area (Å²) in [7, 11) is 0. The van der Waals surface area contributed by atoms with E-state index in [2.05, 4.69) is 28.4 Å². The molecule has 0 spiro atoms. The molecule has 0 unspecified atom stereocenters. The molecule has 1 N–H and O–H groups in total. The van der Waals surface area contributed by atoms with Crippen molar-refractivity contribution in [1.29, 1.82) is 0 Å². The molecule has 0 aliphatic carbocycles. The first-order valence-electron chi connectivity index (χ1n) is 8.43. The number of thiophene rings is 1. The van der Waals surface area contributed by atoms with Crippen LogP contribution >= 0.6 is 11.3 Å². The molecule has 1 aromatic carbocycles. The molecule has 5 nitrogen and oxygen atoms in total. The van der Waals surface area contributed by atoms with Crippen LogP contribution in [0.2, 0.25) is 0 Å². The van der Waals surface area contributed by atoms with Crippen LogP contribution in [0, 0.1) is 6.92 Å². The minimum atomic E-state index is -0.335. The third-order valence-electron chi connectivity index (χ3n) is 4.22. The Hall–Kier alpha value is -2.18. The van der Waals surface area contributed by atoms with Crippen molar-refractivity contribution in [1.82, 2.24) is 4.90 Å². The zero-order valence-corrected chi connectivity index (χ0v) is 15.3. The Morgan fingerprint density at radius 3 is 2.80 bits per heavy atom. The second-order valence-electron chi connectivity index (χ2n) is 6.12. The second-order valence-corrected chi connectivity index (χ2v) is 7.17. The lowest BCUT2D eigenvalue weighted by Gasteiger charge is -2.27. The van der Waals surface area contributed by atoms with Gasteiger partial charge >= 0.3 is 5.97 Å². The van der Waals surface area contributed by atoms with E-state index in [1.165, 1.54) is 22.5 Å². The fourth-order valence-corrected chi connectivity index (χ4v) is 3.99. The molecule has 0 bridgehead atoms. The smallest absolute Gasteiger partial charge is 0.348 e. The molecule has 0 fully saturated rings. The second kappa shape index (κ2) is 7.80. The number of anilines is 1. The minimum Gasteiger partial charge on any atom is -0.462 e. The van der Waals surface area contributed by atoms with Gasteiger partial charge in [0.2, 0.25) is 5.91 Å². The third-order valence-corrected chi connectivity index (χ3v) is 5.35. The molecular weight excluding hydrogens is 336 g/mol. The lowest BCUT2D eigenvalue weighted by Crippen LogP contribution is -2.36. The molecule has 6 heteroatoms. The largest absolute Gasteiger partial charge is 0.462 e. The number of hydrogen-bond acceptors (Lipinski definition) is 5. The molecule has 2 heterocycles. The highest BCUT2D eigenvalue weighted by molar-refractivity contribution is 7.18. The highest BCUT2D eigenvalue weighted by atomic mass is 32.1. The van der Waals surface area contributed by atoms with Gasteiger partial charge in [0, 0.05) is 13.1 Å². The van der Waals surface area contributed by atoms with E-state index in [0.29, 0.717) is 23.0 Å². The number of benzene rings is 1. The number of rotatable bonds is 5. The third kappa shape index (κ3) is 4.27. The van der Waals surface area contributed by atoms with Gasteiger partial charge in [0.15, 0.2) is 0 Å². The summed E-state index contributed by atoms with van der Waals surface area (Å²) in [6.45, 7) is 5.98. The van der Waals surface area contributed by atoms with Crippen molar-refractivity contribution in [2.75, 3.05) is 25.0 Å². The molecule has 0 radical (unpaired) electrons. The van der Waals surface area contributed by atoms with Crippen LogP contribution in [0.5, 0.6) is 0 Å². The summed E-state index contributed by atoms with van der Waals surface area (Å²) >= 11 is 1.26. The molecule has 132 valence electrons. The molecule has 2 aromatic rings. The van der Waals surface area contributed by atoms with Gasteiger partial charge < -0.3 is 10.1 Å². The average Bonchev–Trinajstić information content (AvgIpc) is 2.95. The summed E-state index contributed by atoms with van der Waals surface area (Å²) in [4.78, 5) is 26.9. The lowest BCUT2D eigenvalue weighted by atomic mass is 10.00. The van der Waals surface area contributed by atoms with E-state index in [9.17, 15) is 9.59 Å². The molecule has 0 saturated heterocycles. The van der Waals surface area contributed by atoms with Crippen molar-refractivity contribution in [2.24, 2.45) is 0 Å². The number of nitrogens with zero attached hydrogens (tertiary/aromatic N) is 1. The van der Waals surface area contributed by atoms with Gasteiger partial charge in [-0.25, -0.2) is 4.79 Å². The van der Waals surface area contributed by atoms with Gasteiger partial charge in [0.05, 0.1) is 18.2 Å². The summed E-state index contributed by atoms with van der Waals surface area (Å²) in [6.07, 6.45) is 0.967. The van der Waals surface area contributed by atoms with E-state index in [0.717, 1.165) is 25.1 Å². The quantitative estimate of drug-likeness (QED) is 0.834. The van der Waals surface area contributed by atoms with Crippen LogP contribution in [0.15, 0.2) is 30.3 Å². The number of carbonyl (C=O) groups excluding carboxylic acids is 2. The van der Waals surface area contributed by atoms with Gasteiger partial charge in [-0.2, -0.15) is 0 Å². The number of fused-ring (bicyclic) bond motifs is 1. The molecule has 0 atom stereocenters. The Balaban J connectivity index is 1.58. The highest BCUT2D eigenvalue weighted by Gasteiger charge is 2.20. The van der Waals surface area contributed by atoms with Crippen molar-refractivity contribution < 1.29 is 14.3 Å². The number of nitrogens with one attached hydrogen (secondary N) is 1. The van der Waals surface area contributed by atoms with E-state index in [1.54, 1.807) is 6.92 Å². The topological polar surface area (TPSA) is 58.6 Å². The Morgan fingerprint density at radius 2 is 2.04 bits per heavy atom. The van der Waals surface area contributed by atoms with Gasteiger partial charge in [0.1, 0.15) is 4.88 Å². The number of amides is 1. The monoisotopic (exact) mass is 358 g/mol. The molecule has 0 saturated carbocycles. The summed E-state index contributed by atoms with van der Waals surface area (Å²) in [5, 5.41) is 3.58. The predicted octanol–water partition coefficient (Wildman–Crippen LogP) is 3.23. The maximum Gasteiger partial charge on any atom is 0.348 e. The fourth-order valence-electron chi connectivity index (χ4n) is 3.01. The average molecular weight is 358 g/mol. The van der Waals surface area contributed by atoms with Crippen molar-refractivity contribution >= 4 is 28.2 Å². The molecule has 1 aliphatic rings. The van der Waals surface area contributed by atoms with Crippen LogP contribution in [0.1, 0.15) is 33.3 Å². The fraction of sp³-hybridized carbons (Fsp3) is 0.368. The van der Waals surface area contributed by atoms with Crippen LogP contribution in [0.3, 0.4) is 0 Å². The van der Waals surface area contributed by atoms with Crippen molar-refractivity contribution in [3.05, 3.63) is 51.9 Å². The Bertz CT molecular complexity index is 785. The standard InChI is InChI=1S/C19H22N2O3S/c1-3-24-19(23)18-13(2)10-17(25-18)20-16(22)12-21-9-8-14-6-4-5-7-15(14)11-21/h4-7,10H,3,8-9,11-12H2,1-2H3,(H,20,22). The van der Waals surface area contributed by atoms with Gasteiger partial charge in [-0.1, -0.05) is 24.3 Å². The van der Waals surface area contributed by atoms with Gasteiger partial charge in [-0.15, -0.1) is 11.3 Å². The minimum absolute atomic E-state index is 0.0592. The van der Waals surface area contributed by atoms with Crippen molar-refractivity contribution in [3.63, 3.8) is 0 Å². The summed E-state index contributed by atoms with van der Waals surface area (Å²) in [5.41, 5.74) is 3.48. The molecule has 1 aromatic heterocycles. The maximum atomic E-state index is 12.3.